The summed E-state index contributed by atoms with van der Waals surface area (Å²) in [5, 5.41) is 12.5. The van der Waals surface area contributed by atoms with Gasteiger partial charge in [0.2, 0.25) is 0 Å². The van der Waals surface area contributed by atoms with Gasteiger partial charge < -0.3 is 9.55 Å². The van der Waals surface area contributed by atoms with Crippen molar-refractivity contribution in [1.82, 2.24) is 34.1 Å². The number of imidazole rings is 1. The summed E-state index contributed by atoms with van der Waals surface area (Å²) in [7, 11) is 1.92. The monoisotopic (exact) mass is 277 g/mol. The Morgan fingerprint density at radius 3 is 2.84 bits per heavy atom. The van der Waals surface area contributed by atoms with Gasteiger partial charge in [-0.05, 0) is 26.1 Å². The van der Waals surface area contributed by atoms with Crippen molar-refractivity contribution in [2.45, 2.75) is 26.9 Å². The summed E-state index contributed by atoms with van der Waals surface area (Å²) < 4.78 is 6.53. The first-order valence-electron chi connectivity index (χ1n) is 6.10. The Kier molecular flexibility index (Phi) is 2.74. The molecule has 0 spiro atoms. The number of hydrogen-bond donors (Lipinski definition) is 1. The van der Waals surface area contributed by atoms with Crippen LogP contribution in [0.15, 0.2) is 6.33 Å². The second kappa shape index (κ2) is 4.30. The summed E-state index contributed by atoms with van der Waals surface area (Å²) >= 11 is 5.40. The molecule has 0 saturated carbocycles. The lowest BCUT2D eigenvalue weighted by Crippen LogP contribution is -2.09. The van der Waals surface area contributed by atoms with E-state index in [2.05, 4.69) is 27.2 Å². The van der Waals surface area contributed by atoms with Crippen LogP contribution in [0.2, 0.25) is 0 Å². The molecule has 0 saturated heterocycles. The molecule has 0 aliphatic rings. The van der Waals surface area contributed by atoms with Crippen molar-refractivity contribution >= 4 is 23.4 Å². The lowest BCUT2D eigenvalue weighted by Gasteiger charge is -2.05. The maximum atomic E-state index is 5.40. The number of fused-ring (bicyclic) bond motifs is 1. The summed E-state index contributed by atoms with van der Waals surface area (Å²) in [5.74, 6) is 0.860. The van der Waals surface area contributed by atoms with Crippen molar-refractivity contribution in [3.05, 3.63) is 22.6 Å². The Bertz CT molecular complexity index is 788. The van der Waals surface area contributed by atoms with Crippen molar-refractivity contribution in [1.29, 1.82) is 0 Å². The molecule has 3 rings (SSSR count). The molecule has 0 aromatic carbocycles. The van der Waals surface area contributed by atoms with Gasteiger partial charge in [-0.2, -0.15) is 5.10 Å². The van der Waals surface area contributed by atoms with E-state index in [1.165, 1.54) is 0 Å². The summed E-state index contributed by atoms with van der Waals surface area (Å²) in [4.78, 5) is 3.22. The third-order valence-corrected chi connectivity index (χ3v) is 3.56. The third kappa shape index (κ3) is 1.79. The van der Waals surface area contributed by atoms with E-state index in [1.807, 2.05) is 27.8 Å². The molecule has 7 nitrogen and oxygen atoms in total. The lowest BCUT2D eigenvalue weighted by molar-refractivity contribution is 0.629. The fourth-order valence-corrected chi connectivity index (χ4v) is 2.47. The molecule has 0 aliphatic carbocycles. The van der Waals surface area contributed by atoms with Gasteiger partial charge in [-0.3, -0.25) is 4.57 Å². The van der Waals surface area contributed by atoms with Gasteiger partial charge in [0, 0.05) is 13.6 Å². The minimum absolute atomic E-state index is 0.584. The van der Waals surface area contributed by atoms with Crippen LogP contribution in [0.1, 0.15) is 18.4 Å². The molecule has 8 heteroatoms. The molecule has 0 radical (unpaired) electrons. The second-order valence-corrected chi connectivity index (χ2v) is 4.86. The molecule has 0 fully saturated rings. The molecular formula is C11H15N7S. The summed E-state index contributed by atoms with van der Waals surface area (Å²) in [6.45, 7) is 5.43. The highest BCUT2D eigenvalue weighted by Gasteiger charge is 2.15. The third-order valence-electron chi connectivity index (χ3n) is 3.24. The molecule has 0 aliphatic heterocycles. The first-order chi connectivity index (χ1) is 9.11. The van der Waals surface area contributed by atoms with Gasteiger partial charge in [0.05, 0.1) is 12.2 Å². The van der Waals surface area contributed by atoms with E-state index in [-0.39, 0.29) is 0 Å². The summed E-state index contributed by atoms with van der Waals surface area (Å²) in [6.07, 6.45) is 1.69. The predicted octanol–water partition coefficient (Wildman–Crippen LogP) is 1.40. The Hall–Kier alpha value is -1.96. The van der Waals surface area contributed by atoms with Gasteiger partial charge >= 0.3 is 0 Å². The van der Waals surface area contributed by atoms with Crippen LogP contribution in [0.4, 0.5) is 0 Å². The Balaban J connectivity index is 2.20. The Morgan fingerprint density at radius 1 is 1.42 bits per heavy atom. The molecule has 0 amide bonds. The number of aryl methyl sites for hydroxylation is 3. The van der Waals surface area contributed by atoms with Crippen LogP contribution in [-0.2, 0) is 20.1 Å². The molecule has 0 bridgehead atoms. The molecule has 3 aromatic rings. The van der Waals surface area contributed by atoms with Gasteiger partial charge in [-0.15, -0.1) is 10.2 Å². The highest BCUT2D eigenvalue weighted by molar-refractivity contribution is 7.71. The number of rotatable bonds is 3. The highest BCUT2D eigenvalue weighted by Crippen LogP contribution is 2.18. The molecule has 3 aromatic heterocycles. The summed E-state index contributed by atoms with van der Waals surface area (Å²) in [5.41, 5.74) is 2.96. The molecule has 0 atom stereocenters. The Labute approximate surface area is 114 Å². The van der Waals surface area contributed by atoms with Crippen molar-refractivity contribution < 1.29 is 0 Å². The van der Waals surface area contributed by atoms with E-state index in [1.54, 1.807) is 6.33 Å². The molecule has 1 N–H and O–H groups in total. The van der Waals surface area contributed by atoms with E-state index in [4.69, 9.17) is 12.2 Å². The highest BCUT2D eigenvalue weighted by atomic mass is 32.1. The van der Waals surface area contributed by atoms with E-state index < -0.39 is 0 Å². The van der Waals surface area contributed by atoms with Crippen LogP contribution in [-0.4, -0.2) is 34.1 Å². The van der Waals surface area contributed by atoms with E-state index in [0.29, 0.717) is 11.3 Å². The smallest absolute Gasteiger partial charge is 0.179 e. The lowest BCUT2D eigenvalue weighted by atomic mass is 10.4. The largest absolute Gasteiger partial charge is 0.328 e. The zero-order chi connectivity index (χ0) is 13.6. The van der Waals surface area contributed by atoms with Crippen molar-refractivity contribution in [2.75, 3.05) is 0 Å². The number of hydrogen-bond acceptors (Lipinski definition) is 4. The second-order valence-electron chi connectivity index (χ2n) is 4.47. The van der Waals surface area contributed by atoms with Crippen LogP contribution in [0.3, 0.4) is 0 Å². The van der Waals surface area contributed by atoms with Crippen LogP contribution in [0.5, 0.6) is 0 Å². The van der Waals surface area contributed by atoms with Crippen molar-refractivity contribution in [3.8, 4) is 0 Å². The van der Waals surface area contributed by atoms with E-state index in [0.717, 1.165) is 29.2 Å². The SMILES string of the molecule is CCn1nc(C)c2[nH]c(=S)n(Cc3nncn3C)c21. The molecule has 0 unspecified atom stereocenters. The molecule has 19 heavy (non-hydrogen) atoms. The predicted molar refractivity (Wildman–Crippen MR) is 73.4 cm³/mol. The van der Waals surface area contributed by atoms with Gasteiger partial charge in [0.25, 0.3) is 0 Å². The number of aromatic nitrogens is 7. The van der Waals surface area contributed by atoms with Crippen LogP contribution in [0.25, 0.3) is 11.2 Å². The van der Waals surface area contributed by atoms with Crippen LogP contribution >= 0.6 is 12.2 Å². The zero-order valence-corrected chi connectivity index (χ0v) is 11.9. The molecule has 100 valence electrons. The van der Waals surface area contributed by atoms with Gasteiger partial charge in [-0.25, -0.2) is 4.68 Å². The average molecular weight is 277 g/mol. The molecule has 3 heterocycles. The topological polar surface area (TPSA) is 69.2 Å². The molecular weight excluding hydrogens is 262 g/mol. The quantitative estimate of drug-likeness (QED) is 0.735. The number of aromatic amines is 1. The fourth-order valence-electron chi connectivity index (χ4n) is 2.22. The first kappa shape index (κ1) is 12.1. The number of nitrogens with zero attached hydrogens (tertiary/aromatic N) is 6. The standard InChI is InChI=1S/C11H15N7S/c1-4-18-10-9(7(2)15-18)13-11(19)17(10)5-8-14-12-6-16(8)3/h6H,4-5H2,1-3H3,(H,13,19). The zero-order valence-electron chi connectivity index (χ0n) is 11.1. The number of nitrogens with one attached hydrogen (secondary N) is 1. The van der Waals surface area contributed by atoms with Crippen molar-refractivity contribution in [2.24, 2.45) is 7.05 Å². The minimum Gasteiger partial charge on any atom is -0.328 e. The van der Waals surface area contributed by atoms with Gasteiger partial charge in [0.15, 0.2) is 16.2 Å². The van der Waals surface area contributed by atoms with E-state index >= 15 is 0 Å². The van der Waals surface area contributed by atoms with Crippen molar-refractivity contribution in [3.63, 3.8) is 0 Å². The minimum atomic E-state index is 0.584. The fraction of sp³-hybridized carbons (Fsp3) is 0.455. The van der Waals surface area contributed by atoms with Crippen LogP contribution < -0.4 is 0 Å². The number of H-pyrrole nitrogens is 1. The normalized spacial score (nSPS) is 11.5. The average Bonchev–Trinajstić information content (AvgIpc) is 3.01. The first-order valence-corrected chi connectivity index (χ1v) is 6.51. The maximum absolute atomic E-state index is 5.40. The van der Waals surface area contributed by atoms with Gasteiger partial charge in [-0.1, -0.05) is 0 Å². The van der Waals surface area contributed by atoms with Crippen LogP contribution in [0, 0.1) is 11.7 Å². The Morgan fingerprint density at radius 2 is 2.21 bits per heavy atom. The summed E-state index contributed by atoms with van der Waals surface area (Å²) in [6, 6.07) is 0. The van der Waals surface area contributed by atoms with Gasteiger partial charge in [0.1, 0.15) is 11.8 Å². The van der Waals surface area contributed by atoms with E-state index in [9.17, 15) is 0 Å². The maximum Gasteiger partial charge on any atom is 0.179 e.